The van der Waals surface area contributed by atoms with Crippen LogP contribution in [0.3, 0.4) is 0 Å². The summed E-state index contributed by atoms with van der Waals surface area (Å²) >= 11 is 0. The maximum Gasteiger partial charge on any atom is 0.163 e. The number of allylic oxidation sites excluding steroid dienone is 1. The summed E-state index contributed by atoms with van der Waals surface area (Å²) in [5.41, 5.74) is 5.82. The predicted octanol–water partition coefficient (Wildman–Crippen LogP) is 6.46. The first-order valence-electron chi connectivity index (χ1n) is 11.8. The van der Waals surface area contributed by atoms with E-state index in [9.17, 15) is 4.79 Å². The van der Waals surface area contributed by atoms with Crippen molar-refractivity contribution in [3.8, 4) is 11.5 Å². The summed E-state index contributed by atoms with van der Waals surface area (Å²) in [4.78, 5) is 13.8. The van der Waals surface area contributed by atoms with Crippen molar-refractivity contribution in [2.24, 2.45) is 0 Å². The minimum absolute atomic E-state index is 0.0345. The summed E-state index contributed by atoms with van der Waals surface area (Å²) in [5, 5.41) is 7.26. The van der Waals surface area contributed by atoms with Gasteiger partial charge in [0, 0.05) is 23.3 Å². The summed E-state index contributed by atoms with van der Waals surface area (Å²) in [7, 11) is 1.66. The molecular weight excluding hydrogens is 424 g/mol. The molecular formula is C29H30N2O3. The van der Waals surface area contributed by atoms with E-state index in [0.717, 1.165) is 51.7 Å². The average Bonchev–Trinajstić information content (AvgIpc) is 3.01. The van der Waals surface area contributed by atoms with Crippen molar-refractivity contribution in [3.63, 3.8) is 0 Å². The highest BCUT2D eigenvalue weighted by Crippen LogP contribution is 2.45. The topological polar surface area (TPSA) is 59.6 Å². The quantitative estimate of drug-likeness (QED) is 0.463. The number of benzene rings is 3. The fraction of sp³-hybridized carbons (Fsp3) is 0.276. The van der Waals surface area contributed by atoms with Crippen LogP contribution in [-0.2, 0) is 4.79 Å². The van der Waals surface area contributed by atoms with Crippen molar-refractivity contribution in [3.05, 3.63) is 95.2 Å². The van der Waals surface area contributed by atoms with Crippen LogP contribution in [0.1, 0.15) is 49.8 Å². The Morgan fingerprint density at radius 1 is 0.882 bits per heavy atom. The molecule has 0 spiro atoms. The lowest BCUT2D eigenvalue weighted by atomic mass is 9.78. The van der Waals surface area contributed by atoms with Crippen molar-refractivity contribution < 1.29 is 14.3 Å². The van der Waals surface area contributed by atoms with Crippen LogP contribution in [0.15, 0.2) is 84.1 Å². The van der Waals surface area contributed by atoms with E-state index in [0.29, 0.717) is 6.42 Å². The smallest absolute Gasteiger partial charge is 0.163 e. The van der Waals surface area contributed by atoms with Gasteiger partial charge in [0.15, 0.2) is 5.78 Å². The first-order chi connectivity index (χ1) is 16.5. The molecule has 2 atom stereocenters. The van der Waals surface area contributed by atoms with Crippen LogP contribution in [0.2, 0.25) is 0 Å². The number of rotatable bonds is 5. The number of anilines is 2. The summed E-state index contributed by atoms with van der Waals surface area (Å²) < 4.78 is 11.5. The van der Waals surface area contributed by atoms with Crippen molar-refractivity contribution in [1.29, 1.82) is 0 Å². The van der Waals surface area contributed by atoms with Gasteiger partial charge in [0.05, 0.1) is 30.6 Å². The molecule has 5 heteroatoms. The molecule has 0 amide bonds. The van der Waals surface area contributed by atoms with Gasteiger partial charge >= 0.3 is 0 Å². The third-order valence-electron chi connectivity index (χ3n) is 6.49. The van der Waals surface area contributed by atoms with Gasteiger partial charge in [-0.1, -0.05) is 42.5 Å². The number of fused-ring (bicyclic) bond motifs is 1. The Morgan fingerprint density at radius 3 is 2.32 bits per heavy atom. The van der Waals surface area contributed by atoms with Gasteiger partial charge in [-0.3, -0.25) is 4.79 Å². The second-order valence-corrected chi connectivity index (χ2v) is 9.15. The van der Waals surface area contributed by atoms with Crippen LogP contribution in [0.25, 0.3) is 0 Å². The number of para-hydroxylation sites is 3. The van der Waals surface area contributed by atoms with E-state index in [4.69, 9.17) is 9.47 Å². The Hall–Kier alpha value is -3.73. The number of Topliss-reactive ketones (excluding diaryl/α,β-unsaturated/α-hetero) is 1. The standard InChI is InChI=1S/C29H30N2O3/c1-18(2)34-27-11-7-4-8-22(27)29-28-25(30-23-9-5-6-10-24(23)31-29)16-20(17-26(28)32)19-12-14-21(33-3)15-13-19/h4-15,18,20,29-31H,16-17H2,1-3H3/t20-,29+/m1/s1. The van der Waals surface area contributed by atoms with Crippen LogP contribution in [-0.4, -0.2) is 19.0 Å². The summed E-state index contributed by atoms with van der Waals surface area (Å²) in [6, 6.07) is 23.9. The minimum Gasteiger partial charge on any atom is -0.497 e. The zero-order valence-corrected chi connectivity index (χ0v) is 19.8. The fourth-order valence-electron chi connectivity index (χ4n) is 4.92. The highest BCUT2D eigenvalue weighted by Gasteiger charge is 2.37. The van der Waals surface area contributed by atoms with Crippen LogP contribution in [0.5, 0.6) is 11.5 Å². The molecule has 0 fully saturated rings. The number of ketones is 1. The average molecular weight is 455 g/mol. The zero-order valence-electron chi connectivity index (χ0n) is 19.8. The van der Waals surface area contributed by atoms with Gasteiger partial charge in [-0.2, -0.15) is 0 Å². The molecule has 0 unspecified atom stereocenters. The maximum absolute atomic E-state index is 13.8. The van der Waals surface area contributed by atoms with Gasteiger partial charge < -0.3 is 20.1 Å². The van der Waals surface area contributed by atoms with Gasteiger partial charge in [-0.05, 0) is 62.1 Å². The van der Waals surface area contributed by atoms with Crippen LogP contribution >= 0.6 is 0 Å². The lowest BCUT2D eigenvalue weighted by Crippen LogP contribution is -2.27. The molecule has 0 bridgehead atoms. The number of carbonyl (C=O) groups excluding carboxylic acids is 1. The fourth-order valence-corrected chi connectivity index (χ4v) is 4.92. The second-order valence-electron chi connectivity index (χ2n) is 9.15. The highest BCUT2D eigenvalue weighted by atomic mass is 16.5. The van der Waals surface area contributed by atoms with E-state index in [1.54, 1.807) is 7.11 Å². The number of methoxy groups -OCH3 is 1. The molecule has 2 aliphatic rings. The van der Waals surface area contributed by atoms with Gasteiger partial charge in [-0.15, -0.1) is 0 Å². The van der Waals surface area contributed by atoms with E-state index < -0.39 is 0 Å². The number of ether oxygens (including phenoxy) is 2. The van der Waals surface area contributed by atoms with Gasteiger partial charge in [0.2, 0.25) is 0 Å². The normalized spacial score (nSPS) is 19.5. The Morgan fingerprint density at radius 2 is 1.59 bits per heavy atom. The largest absolute Gasteiger partial charge is 0.497 e. The number of hydrogen-bond acceptors (Lipinski definition) is 5. The molecule has 3 aromatic carbocycles. The monoisotopic (exact) mass is 454 g/mol. The predicted molar refractivity (Wildman–Crippen MR) is 136 cm³/mol. The molecule has 1 heterocycles. The third-order valence-corrected chi connectivity index (χ3v) is 6.49. The highest BCUT2D eigenvalue weighted by molar-refractivity contribution is 6.01. The van der Waals surface area contributed by atoms with E-state index in [-0.39, 0.29) is 23.8 Å². The number of carbonyl (C=O) groups is 1. The van der Waals surface area contributed by atoms with Crippen molar-refractivity contribution in [1.82, 2.24) is 0 Å². The van der Waals surface area contributed by atoms with E-state index in [1.165, 1.54) is 0 Å². The molecule has 0 saturated heterocycles. The molecule has 34 heavy (non-hydrogen) atoms. The lowest BCUT2D eigenvalue weighted by Gasteiger charge is -2.30. The van der Waals surface area contributed by atoms with Crippen molar-refractivity contribution in [2.45, 2.75) is 44.8 Å². The van der Waals surface area contributed by atoms with Crippen LogP contribution in [0, 0.1) is 0 Å². The molecule has 1 aliphatic carbocycles. The Balaban J connectivity index is 1.59. The summed E-state index contributed by atoms with van der Waals surface area (Å²) in [6.07, 6.45) is 1.26. The van der Waals surface area contributed by atoms with E-state index >= 15 is 0 Å². The lowest BCUT2D eigenvalue weighted by molar-refractivity contribution is -0.116. The molecule has 0 aromatic heterocycles. The molecule has 1 aliphatic heterocycles. The summed E-state index contributed by atoms with van der Waals surface area (Å²) in [5.74, 6) is 1.88. The maximum atomic E-state index is 13.8. The molecule has 5 nitrogen and oxygen atoms in total. The number of nitrogens with one attached hydrogen (secondary N) is 2. The van der Waals surface area contributed by atoms with Crippen LogP contribution < -0.4 is 20.1 Å². The number of hydrogen-bond donors (Lipinski definition) is 2. The molecule has 3 aromatic rings. The summed E-state index contributed by atoms with van der Waals surface area (Å²) in [6.45, 7) is 4.04. The van der Waals surface area contributed by atoms with Crippen LogP contribution in [0.4, 0.5) is 11.4 Å². The van der Waals surface area contributed by atoms with E-state index in [2.05, 4.69) is 28.8 Å². The minimum atomic E-state index is -0.301. The molecule has 174 valence electrons. The third kappa shape index (κ3) is 4.26. The molecule has 2 N–H and O–H groups in total. The van der Waals surface area contributed by atoms with Gasteiger partial charge in [-0.25, -0.2) is 0 Å². The van der Waals surface area contributed by atoms with E-state index in [1.807, 2.05) is 68.4 Å². The van der Waals surface area contributed by atoms with Gasteiger partial charge in [0.1, 0.15) is 11.5 Å². The first kappa shape index (κ1) is 22.1. The van der Waals surface area contributed by atoms with Gasteiger partial charge in [0.25, 0.3) is 0 Å². The Bertz CT molecular complexity index is 1230. The first-order valence-corrected chi connectivity index (χ1v) is 11.8. The molecule has 0 saturated carbocycles. The van der Waals surface area contributed by atoms with Crippen molar-refractivity contribution in [2.75, 3.05) is 17.7 Å². The molecule has 5 rings (SSSR count). The SMILES string of the molecule is COc1ccc([C@H]2CC(=O)C3=C(C2)Nc2ccccc2N[C@H]3c2ccccc2OC(C)C)cc1. The second kappa shape index (κ2) is 9.26. The molecule has 0 radical (unpaired) electrons. The zero-order chi connectivity index (χ0) is 23.7. The Labute approximate surface area is 200 Å². The Kier molecular flexibility index (Phi) is 6.01. The van der Waals surface area contributed by atoms with Crippen molar-refractivity contribution >= 4 is 17.2 Å².